The van der Waals surface area contributed by atoms with Gasteiger partial charge in [0.2, 0.25) is 4.75 Å². The monoisotopic (exact) mass is 282 g/mol. The van der Waals surface area contributed by atoms with Gasteiger partial charge in [-0.25, -0.2) is 21.6 Å². The third-order valence-electron chi connectivity index (χ3n) is 2.82. The second kappa shape index (κ2) is 4.09. The number of hydrogen-bond donors (Lipinski definition) is 0. The zero-order chi connectivity index (χ0) is 13.5. The summed E-state index contributed by atoms with van der Waals surface area (Å²) < 4.78 is 49.5. The predicted molar refractivity (Wildman–Crippen MR) is 61.8 cm³/mol. The van der Waals surface area contributed by atoms with Crippen LogP contribution in [0.25, 0.3) is 0 Å². The molecule has 0 aromatic carbocycles. The van der Waals surface area contributed by atoms with Crippen LogP contribution in [0.5, 0.6) is 0 Å². The van der Waals surface area contributed by atoms with Crippen LogP contribution in [0, 0.1) is 0 Å². The highest BCUT2D eigenvalue weighted by atomic mass is 32.2. The molecule has 98 valence electrons. The molecule has 6 nitrogen and oxygen atoms in total. The second-order valence-electron chi connectivity index (χ2n) is 3.81. The number of rotatable bonds is 2. The molecule has 1 rings (SSSR count). The summed E-state index contributed by atoms with van der Waals surface area (Å²) in [6.07, 6.45) is 0. The Bertz CT molecular complexity index is 556. The average Bonchev–Trinajstić information content (AvgIpc) is 2.23. The van der Waals surface area contributed by atoms with E-state index in [9.17, 15) is 21.6 Å². The number of sulfone groups is 2. The van der Waals surface area contributed by atoms with Crippen LogP contribution >= 0.6 is 0 Å². The minimum Gasteiger partial charge on any atom is -0.465 e. The fourth-order valence-electron chi connectivity index (χ4n) is 1.53. The van der Waals surface area contributed by atoms with Gasteiger partial charge < -0.3 is 4.74 Å². The van der Waals surface area contributed by atoms with Crippen LogP contribution in [-0.4, -0.2) is 45.7 Å². The summed E-state index contributed by atoms with van der Waals surface area (Å²) in [4.78, 5) is 11.1. The van der Waals surface area contributed by atoms with Crippen molar-refractivity contribution in [2.45, 2.75) is 18.6 Å². The van der Waals surface area contributed by atoms with Gasteiger partial charge in [0, 0.05) is 0 Å². The first-order valence-electron chi connectivity index (χ1n) is 4.91. The summed E-state index contributed by atoms with van der Waals surface area (Å²) >= 11 is 0. The third-order valence-corrected chi connectivity index (χ3v) is 7.50. The van der Waals surface area contributed by atoms with E-state index >= 15 is 0 Å². The van der Waals surface area contributed by atoms with E-state index in [-0.39, 0.29) is 6.61 Å². The van der Waals surface area contributed by atoms with Crippen molar-refractivity contribution in [1.29, 1.82) is 0 Å². The Balaban J connectivity index is 3.43. The van der Waals surface area contributed by atoms with Crippen LogP contribution in [0.3, 0.4) is 0 Å². The standard InChI is InChI=1S/C9H14O6S2/c1-4-15-8(10)9(3)7(2)16(11,12)5-6-17(9,13)14/h2,4-6H2,1,3H3. The van der Waals surface area contributed by atoms with Crippen LogP contribution in [0.15, 0.2) is 11.5 Å². The molecule has 1 unspecified atom stereocenters. The molecule has 0 bridgehead atoms. The Hall–Kier alpha value is -0.890. The number of ether oxygens (including phenoxy) is 1. The Labute approximate surface area is 100 Å². The Morgan fingerprint density at radius 2 is 1.88 bits per heavy atom. The first-order chi connectivity index (χ1) is 7.59. The summed E-state index contributed by atoms with van der Waals surface area (Å²) in [6.45, 7) is 5.76. The zero-order valence-electron chi connectivity index (χ0n) is 9.59. The maximum atomic E-state index is 11.9. The maximum Gasteiger partial charge on any atom is 0.332 e. The van der Waals surface area contributed by atoms with E-state index in [2.05, 4.69) is 11.3 Å². The minimum atomic E-state index is -3.92. The van der Waals surface area contributed by atoms with Gasteiger partial charge in [0.1, 0.15) is 0 Å². The van der Waals surface area contributed by atoms with E-state index in [0.717, 1.165) is 6.92 Å². The largest absolute Gasteiger partial charge is 0.465 e. The van der Waals surface area contributed by atoms with E-state index in [1.807, 2.05) is 0 Å². The second-order valence-corrected chi connectivity index (χ2v) is 8.40. The molecule has 0 amide bonds. The summed E-state index contributed by atoms with van der Waals surface area (Å²) in [5.41, 5.74) is 0. The van der Waals surface area contributed by atoms with E-state index < -0.39 is 46.8 Å². The summed E-state index contributed by atoms with van der Waals surface area (Å²) in [7, 11) is -7.70. The molecule has 0 radical (unpaired) electrons. The number of esters is 1. The molecule has 1 saturated heterocycles. The summed E-state index contributed by atoms with van der Waals surface area (Å²) in [6, 6.07) is 0. The molecule has 17 heavy (non-hydrogen) atoms. The zero-order valence-corrected chi connectivity index (χ0v) is 11.2. The molecule has 1 atom stereocenters. The Morgan fingerprint density at radius 1 is 1.35 bits per heavy atom. The van der Waals surface area contributed by atoms with Crippen molar-refractivity contribution in [3.05, 3.63) is 11.5 Å². The van der Waals surface area contributed by atoms with Crippen molar-refractivity contribution in [3.8, 4) is 0 Å². The molecule has 0 spiro atoms. The quantitative estimate of drug-likeness (QED) is 0.643. The molecule has 1 fully saturated rings. The SMILES string of the molecule is C=C1C(C)(C(=O)OCC)S(=O)(=O)CCS1(=O)=O. The van der Waals surface area contributed by atoms with Gasteiger partial charge in [0.25, 0.3) is 0 Å². The molecule has 0 aliphatic carbocycles. The van der Waals surface area contributed by atoms with Crippen molar-refractivity contribution in [1.82, 2.24) is 0 Å². The molecule has 8 heteroatoms. The third kappa shape index (κ3) is 1.99. The fourth-order valence-corrected chi connectivity index (χ4v) is 6.03. The van der Waals surface area contributed by atoms with Gasteiger partial charge >= 0.3 is 5.97 Å². The molecule has 0 saturated carbocycles. The lowest BCUT2D eigenvalue weighted by atomic mass is 10.1. The van der Waals surface area contributed by atoms with Gasteiger partial charge in [-0.05, 0) is 13.8 Å². The minimum absolute atomic E-state index is 0.0305. The lowest BCUT2D eigenvalue weighted by Gasteiger charge is -2.32. The number of carbonyl (C=O) groups is 1. The molecule has 1 aliphatic heterocycles. The molecule has 0 N–H and O–H groups in total. The van der Waals surface area contributed by atoms with Gasteiger partial charge in [-0.1, -0.05) is 6.58 Å². The molecular weight excluding hydrogens is 268 g/mol. The molecule has 1 aliphatic rings. The highest BCUT2D eigenvalue weighted by Crippen LogP contribution is 2.35. The normalized spacial score (nSPS) is 30.8. The van der Waals surface area contributed by atoms with Gasteiger partial charge in [-0.15, -0.1) is 0 Å². The van der Waals surface area contributed by atoms with Crippen molar-refractivity contribution < 1.29 is 26.4 Å². The van der Waals surface area contributed by atoms with E-state index in [0.29, 0.717) is 0 Å². The van der Waals surface area contributed by atoms with Gasteiger partial charge in [0.15, 0.2) is 19.7 Å². The molecule has 0 aromatic rings. The van der Waals surface area contributed by atoms with E-state index in [1.54, 1.807) is 0 Å². The molecular formula is C9H14O6S2. The highest BCUT2D eigenvalue weighted by Gasteiger charge is 2.57. The van der Waals surface area contributed by atoms with Gasteiger partial charge in [-0.3, -0.25) is 0 Å². The van der Waals surface area contributed by atoms with Crippen LogP contribution in [0.1, 0.15) is 13.8 Å². The van der Waals surface area contributed by atoms with Crippen LogP contribution in [-0.2, 0) is 29.2 Å². The van der Waals surface area contributed by atoms with Crippen LogP contribution < -0.4 is 0 Å². The number of carbonyl (C=O) groups excluding carboxylic acids is 1. The predicted octanol–water partition coefficient (Wildman–Crippen LogP) is -0.335. The van der Waals surface area contributed by atoms with Crippen molar-refractivity contribution in [2.24, 2.45) is 0 Å². The average molecular weight is 282 g/mol. The van der Waals surface area contributed by atoms with Crippen LogP contribution in [0.2, 0.25) is 0 Å². The van der Waals surface area contributed by atoms with E-state index in [4.69, 9.17) is 0 Å². The maximum absolute atomic E-state index is 11.9. The van der Waals surface area contributed by atoms with Gasteiger partial charge in [-0.2, -0.15) is 0 Å². The molecule has 1 heterocycles. The topological polar surface area (TPSA) is 94.6 Å². The van der Waals surface area contributed by atoms with Gasteiger partial charge in [0.05, 0.1) is 23.0 Å². The first kappa shape index (κ1) is 14.2. The van der Waals surface area contributed by atoms with Crippen molar-refractivity contribution in [2.75, 3.05) is 18.1 Å². The van der Waals surface area contributed by atoms with E-state index in [1.165, 1.54) is 6.92 Å². The Morgan fingerprint density at radius 3 is 2.35 bits per heavy atom. The lowest BCUT2D eigenvalue weighted by Crippen LogP contribution is -2.53. The first-order valence-corrected chi connectivity index (χ1v) is 8.21. The van der Waals surface area contributed by atoms with Crippen LogP contribution in [0.4, 0.5) is 0 Å². The highest BCUT2D eigenvalue weighted by molar-refractivity contribution is 8.02. The van der Waals surface area contributed by atoms with Crippen molar-refractivity contribution >= 4 is 25.6 Å². The lowest BCUT2D eigenvalue weighted by molar-refractivity contribution is -0.144. The smallest absolute Gasteiger partial charge is 0.332 e. The summed E-state index contributed by atoms with van der Waals surface area (Å²) in [5, 5.41) is 0. The molecule has 0 aromatic heterocycles. The summed E-state index contributed by atoms with van der Waals surface area (Å²) in [5.74, 6) is -2.22. The number of hydrogen-bond acceptors (Lipinski definition) is 6. The Kier molecular flexibility index (Phi) is 3.41. The fraction of sp³-hybridized carbons (Fsp3) is 0.667. The van der Waals surface area contributed by atoms with Crippen molar-refractivity contribution in [3.63, 3.8) is 0 Å².